The quantitative estimate of drug-likeness (QED) is 0.319. The Morgan fingerprint density at radius 2 is 1.87 bits per heavy atom. The number of hydroxylamine groups is 2. The zero-order chi connectivity index (χ0) is 17.1. The van der Waals surface area contributed by atoms with Gasteiger partial charge in [0.15, 0.2) is 5.69 Å². The summed E-state index contributed by atoms with van der Waals surface area (Å²) in [7, 11) is 0. The molecule has 128 valence electrons. The number of nitrogens with one attached hydrogen (secondary N) is 2. The van der Waals surface area contributed by atoms with E-state index in [9.17, 15) is 14.8 Å². The van der Waals surface area contributed by atoms with Crippen molar-refractivity contribution in [1.82, 2.24) is 10.3 Å². The molecule has 2 amide bonds. The Kier molecular flexibility index (Phi) is 9.00. The summed E-state index contributed by atoms with van der Waals surface area (Å²) in [6.45, 7) is 0.525. The number of pyridine rings is 1. The lowest BCUT2D eigenvalue weighted by Crippen LogP contribution is -3.10. The summed E-state index contributed by atoms with van der Waals surface area (Å²) in [6, 6.07) is 2.77. The zero-order valence-electron chi connectivity index (χ0n) is 13.0. The second-order valence-electron chi connectivity index (χ2n) is 5.05. The van der Waals surface area contributed by atoms with Crippen LogP contribution in [0.15, 0.2) is 18.3 Å². The molecular formula is C15H23N3O5. The average Bonchev–Trinajstić information content (AvgIpc) is 2.58. The molecule has 1 unspecified atom stereocenters. The third kappa shape index (κ3) is 6.83. The van der Waals surface area contributed by atoms with Crippen molar-refractivity contribution < 1.29 is 24.9 Å². The van der Waals surface area contributed by atoms with Crippen LogP contribution in [0.4, 0.5) is 0 Å². The van der Waals surface area contributed by atoms with E-state index >= 15 is 0 Å². The van der Waals surface area contributed by atoms with E-state index in [1.165, 1.54) is 18.3 Å². The first-order chi connectivity index (χ1) is 11.1. The first kappa shape index (κ1) is 19.2. The molecule has 0 aliphatic heterocycles. The number of carbonyl (C=O) groups excluding carboxylic acids is 2. The topological polar surface area (TPSA) is 127 Å². The highest BCUT2D eigenvalue weighted by molar-refractivity contribution is 5.96. The number of hydrogen-bond acceptors (Lipinski definition) is 6. The molecule has 1 rings (SSSR count). The fraction of sp³-hybridized carbons (Fsp3) is 0.533. The van der Waals surface area contributed by atoms with Crippen LogP contribution in [0.3, 0.4) is 0 Å². The molecule has 0 radical (unpaired) electrons. The van der Waals surface area contributed by atoms with Gasteiger partial charge in [-0.05, 0) is 37.8 Å². The molecule has 8 nitrogen and oxygen atoms in total. The number of aromatic nitrogens is 1. The molecule has 0 bridgehead atoms. The zero-order valence-corrected chi connectivity index (χ0v) is 13.0. The minimum absolute atomic E-state index is 0.0222. The molecule has 0 fully saturated rings. The average molecular weight is 325 g/mol. The molecular weight excluding hydrogens is 302 g/mol. The van der Waals surface area contributed by atoms with E-state index in [0.717, 1.165) is 0 Å². The molecule has 0 spiro atoms. The second kappa shape index (κ2) is 10.8. The van der Waals surface area contributed by atoms with Gasteiger partial charge in [-0.3, -0.25) is 4.79 Å². The molecule has 0 aliphatic carbocycles. The van der Waals surface area contributed by atoms with Crippen molar-refractivity contribution in [2.75, 3.05) is 26.3 Å². The monoisotopic (exact) mass is 325 g/mol. The summed E-state index contributed by atoms with van der Waals surface area (Å²) < 4.78 is 0. The van der Waals surface area contributed by atoms with Gasteiger partial charge in [0, 0.05) is 31.5 Å². The number of carbonyl (C=O) groups is 2. The van der Waals surface area contributed by atoms with Gasteiger partial charge in [-0.25, -0.2) is 9.78 Å². The Bertz CT molecular complexity index is 510. The highest BCUT2D eigenvalue weighted by Gasteiger charge is 2.17. The SMILES string of the molecule is O=C(NCCCCO)c1ccnc(C(=O)[NH+]([O-])CCCCO)c1. The van der Waals surface area contributed by atoms with Gasteiger partial charge in [-0.2, -0.15) is 0 Å². The second-order valence-corrected chi connectivity index (χ2v) is 5.05. The van der Waals surface area contributed by atoms with Crippen molar-refractivity contribution in [3.8, 4) is 0 Å². The van der Waals surface area contributed by atoms with Crippen LogP contribution in [-0.2, 0) is 0 Å². The standard InChI is InChI=1S/C15H23N3O5/c19-9-3-1-6-17-14(21)12-5-7-16-13(11-12)15(22)18(23)8-2-4-10-20/h5,7,11,18-20H,1-4,6,8-10H2,(H,17,21). The predicted octanol–water partition coefficient (Wildman–Crippen LogP) is -1.12. The van der Waals surface area contributed by atoms with Crippen molar-refractivity contribution >= 4 is 11.8 Å². The number of amides is 2. The van der Waals surface area contributed by atoms with Crippen LogP contribution >= 0.6 is 0 Å². The Labute approximate surface area is 134 Å². The predicted molar refractivity (Wildman–Crippen MR) is 82.7 cm³/mol. The molecule has 1 aromatic heterocycles. The highest BCUT2D eigenvalue weighted by Crippen LogP contribution is 2.01. The smallest absolute Gasteiger partial charge is 0.362 e. The first-order valence-corrected chi connectivity index (χ1v) is 7.63. The van der Waals surface area contributed by atoms with E-state index in [2.05, 4.69) is 10.3 Å². The molecule has 23 heavy (non-hydrogen) atoms. The maximum Gasteiger partial charge on any atom is 0.362 e. The first-order valence-electron chi connectivity index (χ1n) is 7.63. The van der Waals surface area contributed by atoms with Crippen molar-refractivity contribution in [2.45, 2.75) is 25.7 Å². The Morgan fingerprint density at radius 1 is 1.17 bits per heavy atom. The fourth-order valence-electron chi connectivity index (χ4n) is 1.89. The van der Waals surface area contributed by atoms with Gasteiger partial charge in [0.1, 0.15) is 0 Å². The van der Waals surface area contributed by atoms with Crippen LogP contribution in [0.5, 0.6) is 0 Å². The molecule has 0 saturated carbocycles. The lowest BCUT2D eigenvalue weighted by Gasteiger charge is -2.18. The third-order valence-electron chi connectivity index (χ3n) is 3.19. The number of aliphatic hydroxyl groups excluding tert-OH is 2. The van der Waals surface area contributed by atoms with E-state index < -0.39 is 11.0 Å². The van der Waals surface area contributed by atoms with Crippen molar-refractivity contribution in [2.24, 2.45) is 0 Å². The molecule has 1 atom stereocenters. The van der Waals surface area contributed by atoms with Gasteiger partial charge >= 0.3 is 5.91 Å². The maximum atomic E-state index is 12.0. The van der Waals surface area contributed by atoms with Crippen LogP contribution < -0.4 is 10.4 Å². The van der Waals surface area contributed by atoms with Crippen LogP contribution in [0, 0.1) is 5.21 Å². The minimum atomic E-state index is -0.724. The number of hydrogen-bond donors (Lipinski definition) is 4. The molecule has 0 aromatic carbocycles. The normalized spacial score (nSPS) is 12.0. The van der Waals surface area contributed by atoms with Gasteiger partial charge in [0.05, 0.1) is 6.54 Å². The van der Waals surface area contributed by atoms with Gasteiger partial charge in [-0.1, -0.05) is 0 Å². The van der Waals surface area contributed by atoms with Crippen molar-refractivity contribution in [3.05, 3.63) is 34.8 Å². The lowest BCUT2D eigenvalue weighted by molar-refractivity contribution is -0.758. The summed E-state index contributed by atoms with van der Waals surface area (Å²) in [6.07, 6.45) is 3.47. The molecule has 8 heteroatoms. The van der Waals surface area contributed by atoms with Crippen molar-refractivity contribution in [3.63, 3.8) is 0 Å². The summed E-state index contributed by atoms with van der Waals surface area (Å²) >= 11 is 0. The summed E-state index contributed by atoms with van der Waals surface area (Å²) in [5.74, 6) is -1.08. The minimum Gasteiger partial charge on any atom is -0.626 e. The summed E-state index contributed by atoms with van der Waals surface area (Å²) in [4.78, 5) is 27.8. The molecule has 4 N–H and O–H groups in total. The molecule has 1 heterocycles. The van der Waals surface area contributed by atoms with E-state index in [0.29, 0.717) is 32.2 Å². The lowest BCUT2D eigenvalue weighted by atomic mass is 10.2. The number of quaternary nitrogens is 1. The van der Waals surface area contributed by atoms with E-state index in [1.807, 2.05) is 0 Å². The number of nitrogens with zero attached hydrogens (tertiary/aromatic N) is 1. The fourth-order valence-corrected chi connectivity index (χ4v) is 1.89. The Hall–Kier alpha value is -1.87. The summed E-state index contributed by atoms with van der Waals surface area (Å²) in [5.41, 5.74) is 0.206. The van der Waals surface area contributed by atoms with Gasteiger partial charge < -0.3 is 25.8 Å². The van der Waals surface area contributed by atoms with Crippen LogP contribution in [-0.4, -0.2) is 53.3 Å². The van der Waals surface area contributed by atoms with Crippen LogP contribution in [0.2, 0.25) is 0 Å². The van der Waals surface area contributed by atoms with E-state index in [4.69, 9.17) is 10.2 Å². The third-order valence-corrected chi connectivity index (χ3v) is 3.19. The van der Waals surface area contributed by atoms with E-state index in [-0.39, 0.29) is 36.9 Å². The highest BCUT2D eigenvalue weighted by atomic mass is 16.5. The number of aliphatic hydroxyl groups is 2. The van der Waals surface area contributed by atoms with Gasteiger partial charge in [0.2, 0.25) is 0 Å². The molecule has 0 aliphatic rings. The number of unbranched alkanes of at least 4 members (excludes halogenated alkanes) is 2. The van der Waals surface area contributed by atoms with Gasteiger partial charge in [0.25, 0.3) is 5.91 Å². The molecule has 0 saturated heterocycles. The van der Waals surface area contributed by atoms with Crippen molar-refractivity contribution in [1.29, 1.82) is 0 Å². The van der Waals surface area contributed by atoms with Crippen LogP contribution in [0.1, 0.15) is 46.5 Å². The summed E-state index contributed by atoms with van der Waals surface area (Å²) in [5, 5.41) is 31.2. The molecule has 1 aromatic rings. The van der Waals surface area contributed by atoms with Gasteiger partial charge in [-0.15, -0.1) is 0 Å². The number of rotatable bonds is 10. The Morgan fingerprint density at radius 3 is 2.57 bits per heavy atom. The van der Waals surface area contributed by atoms with E-state index in [1.54, 1.807) is 0 Å². The largest absolute Gasteiger partial charge is 0.626 e. The van der Waals surface area contributed by atoms with Crippen LogP contribution in [0.25, 0.3) is 0 Å². The Balaban J connectivity index is 2.61. The maximum absolute atomic E-state index is 12.0.